The fourth-order valence-corrected chi connectivity index (χ4v) is 5.18. The molecule has 1 saturated heterocycles. The summed E-state index contributed by atoms with van der Waals surface area (Å²) in [6.07, 6.45) is 3.31. The smallest absolute Gasteiger partial charge is 0.270 e. The van der Waals surface area contributed by atoms with Gasteiger partial charge in [-0.3, -0.25) is 9.59 Å². The number of hydrogen-bond acceptors (Lipinski definition) is 6. The Morgan fingerprint density at radius 2 is 1.74 bits per heavy atom. The van der Waals surface area contributed by atoms with Crippen molar-refractivity contribution >= 4 is 34.4 Å². The average molecular weight is 526 g/mol. The Morgan fingerprint density at radius 1 is 1.05 bits per heavy atom. The molecule has 0 bridgehead atoms. The first-order chi connectivity index (χ1) is 19.0. The second-order valence-electron chi connectivity index (χ2n) is 9.98. The molecule has 5 rings (SSSR count). The molecule has 3 N–H and O–H groups in total. The molecule has 0 spiro atoms. The van der Waals surface area contributed by atoms with Gasteiger partial charge in [-0.15, -0.1) is 0 Å². The molecule has 0 aliphatic carbocycles. The summed E-state index contributed by atoms with van der Waals surface area (Å²) in [5.41, 5.74) is 3.33. The highest BCUT2D eigenvalue weighted by molar-refractivity contribution is 6.00. The lowest BCUT2D eigenvalue weighted by atomic mass is 10.0. The highest BCUT2D eigenvalue weighted by Gasteiger charge is 2.26. The molecule has 1 atom stereocenters. The molecule has 1 fully saturated rings. The van der Waals surface area contributed by atoms with Crippen molar-refractivity contribution in [1.29, 1.82) is 0 Å². The Labute approximate surface area is 228 Å². The van der Waals surface area contributed by atoms with Crippen molar-refractivity contribution in [2.45, 2.75) is 38.8 Å². The summed E-state index contributed by atoms with van der Waals surface area (Å²) in [6, 6.07) is 22.8. The molecule has 39 heavy (non-hydrogen) atoms. The van der Waals surface area contributed by atoms with Gasteiger partial charge in [-0.2, -0.15) is 0 Å². The predicted octanol–water partition coefficient (Wildman–Crippen LogP) is 4.19. The van der Waals surface area contributed by atoms with Crippen LogP contribution in [-0.2, 0) is 4.79 Å². The van der Waals surface area contributed by atoms with Gasteiger partial charge in [0, 0.05) is 50.9 Å². The van der Waals surface area contributed by atoms with Crippen molar-refractivity contribution in [3.05, 3.63) is 84.3 Å². The number of benzene rings is 2. The summed E-state index contributed by atoms with van der Waals surface area (Å²) in [4.78, 5) is 41.1. The molecule has 202 valence electrons. The number of nitrogens with zero attached hydrogens (tertiary/aromatic N) is 4. The molecule has 2 aromatic heterocycles. The van der Waals surface area contributed by atoms with Gasteiger partial charge in [0.25, 0.3) is 5.91 Å². The second-order valence-corrected chi connectivity index (χ2v) is 9.98. The molecule has 1 aliphatic rings. The number of rotatable bonds is 9. The van der Waals surface area contributed by atoms with Gasteiger partial charge in [0.15, 0.2) is 0 Å². The first-order valence-corrected chi connectivity index (χ1v) is 13.5. The molecule has 0 radical (unpaired) electrons. The van der Waals surface area contributed by atoms with Crippen molar-refractivity contribution in [3.63, 3.8) is 0 Å². The maximum Gasteiger partial charge on any atom is 0.270 e. The minimum Gasteiger partial charge on any atom is -0.355 e. The highest BCUT2D eigenvalue weighted by atomic mass is 16.2. The Kier molecular flexibility index (Phi) is 8.17. The largest absolute Gasteiger partial charge is 0.355 e. The molecule has 4 aromatic rings. The van der Waals surface area contributed by atoms with E-state index in [-0.39, 0.29) is 17.9 Å². The summed E-state index contributed by atoms with van der Waals surface area (Å²) in [5.74, 6) is 0.571. The van der Waals surface area contributed by atoms with Crippen LogP contribution in [0.5, 0.6) is 0 Å². The first-order valence-electron chi connectivity index (χ1n) is 13.5. The number of hydrogen-bond donors (Lipinski definition) is 3. The van der Waals surface area contributed by atoms with Crippen molar-refractivity contribution in [1.82, 2.24) is 30.5 Å². The number of aromatic amines is 1. The van der Waals surface area contributed by atoms with Gasteiger partial charge in [-0.1, -0.05) is 48.5 Å². The number of likely N-dealkylation sites (tertiary alicyclic amines) is 1. The van der Waals surface area contributed by atoms with E-state index in [0.717, 1.165) is 23.9 Å². The zero-order valence-electron chi connectivity index (χ0n) is 22.4. The van der Waals surface area contributed by atoms with Gasteiger partial charge in [-0.25, -0.2) is 9.97 Å². The van der Waals surface area contributed by atoms with E-state index >= 15 is 0 Å². The number of H-pyrrole nitrogens is 1. The number of carbonyl (C=O) groups is 2. The number of para-hydroxylation sites is 1. The summed E-state index contributed by atoms with van der Waals surface area (Å²) in [5, 5.41) is 7.34. The van der Waals surface area contributed by atoms with Crippen molar-refractivity contribution in [3.8, 4) is 0 Å². The topological polar surface area (TPSA) is 106 Å². The SMILES string of the molecule is CC(=O)NCCN(c1ccccc1)c1ncnc2[nH]c(C(=O)N3CCC(NC(C)c4ccccc4)CC3)cc12. The fraction of sp³-hybridized carbons (Fsp3) is 0.333. The van der Waals surface area contributed by atoms with Crippen molar-refractivity contribution in [2.75, 3.05) is 31.1 Å². The Hall–Kier alpha value is -4.24. The minimum atomic E-state index is -0.0844. The standard InChI is InChI=1S/C30H35N7O2/c1-21(23-9-5-3-6-10-23)34-24-13-16-36(17-14-24)30(39)27-19-26-28(35-27)32-20-33-29(26)37(18-15-31-22(2)38)25-11-7-4-8-12-25/h3-12,19-21,24,34H,13-18H2,1-2H3,(H,31,38)(H,32,33,35). The third-order valence-electron chi connectivity index (χ3n) is 7.24. The van der Waals surface area contributed by atoms with Gasteiger partial charge in [0.05, 0.1) is 5.39 Å². The van der Waals surface area contributed by atoms with Crippen LogP contribution in [0, 0.1) is 0 Å². The maximum atomic E-state index is 13.5. The molecule has 2 aromatic carbocycles. The third-order valence-corrected chi connectivity index (χ3v) is 7.24. The molecule has 3 heterocycles. The van der Waals surface area contributed by atoms with Gasteiger partial charge in [0.1, 0.15) is 23.5 Å². The van der Waals surface area contributed by atoms with E-state index in [2.05, 4.69) is 56.8 Å². The summed E-state index contributed by atoms with van der Waals surface area (Å²) < 4.78 is 0. The van der Waals surface area contributed by atoms with E-state index in [1.165, 1.54) is 18.8 Å². The van der Waals surface area contributed by atoms with Crippen molar-refractivity contribution in [2.24, 2.45) is 0 Å². The van der Waals surface area contributed by atoms with Crippen LogP contribution in [0.4, 0.5) is 11.5 Å². The number of nitrogens with one attached hydrogen (secondary N) is 3. The summed E-state index contributed by atoms with van der Waals surface area (Å²) >= 11 is 0. The lowest BCUT2D eigenvalue weighted by molar-refractivity contribution is -0.118. The molecular weight excluding hydrogens is 490 g/mol. The Bertz CT molecular complexity index is 1400. The average Bonchev–Trinajstić information content (AvgIpc) is 3.41. The summed E-state index contributed by atoms with van der Waals surface area (Å²) in [6.45, 7) is 6.05. The molecule has 9 nitrogen and oxygen atoms in total. The lowest BCUT2D eigenvalue weighted by Crippen LogP contribution is -2.45. The van der Waals surface area contributed by atoms with Gasteiger partial charge < -0.3 is 25.4 Å². The minimum absolute atomic E-state index is 0.0296. The van der Waals surface area contributed by atoms with E-state index in [1.54, 1.807) is 0 Å². The quantitative estimate of drug-likeness (QED) is 0.303. The van der Waals surface area contributed by atoms with E-state index in [1.807, 2.05) is 52.3 Å². The third kappa shape index (κ3) is 6.26. The van der Waals surface area contributed by atoms with Crippen LogP contribution >= 0.6 is 0 Å². The monoisotopic (exact) mass is 525 g/mol. The molecule has 1 unspecified atom stereocenters. The van der Waals surface area contributed by atoms with E-state index < -0.39 is 0 Å². The lowest BCUT2D eigenvalue weighted by Gasteiger charge is -2.34. The number of aromatic nitrogens is 3. The van der Waals surface area contributed by atoms with Crippen LogP contribution < -0.4 is 15.5 Å². The van der Waals surface area contributed by atoms with Gasteiger partial charge >= 0.3 is 0 Å². The van der Waals surface area contributed by atoms with Gasteiger partial charge in [-0.05, 0) is 43.5 Å². The molecule has 1 aliphatic heterocycles. The Balaban J connectivity index is 1.30. The number of anilines is 2. The number of amides is 2. The highest BCUT2D eigenvalue weighted by Crippen LogP contribution is 2.30. The normalized spacial score (nSPS) is 14.8. The number of piperidine rings is 1. The van der Waals surface area contributed by atoms with Crippen LogP contribution in [0.3, 0.4) is 0 Å². The Morgan fingerprint density at radius 3 is 2.44 bits per heavy atom. The number of carbonyl (C=O) groups excluding carboxylic acids is 2. The molecular formula is C30H35N7O2. The second kappa shape index (κ2) is 12.1. The van der Waals surface area contributed by atoms with Crippen LogP contribution in [-0.4, -0.2) is 63.9 Å². The van der Waals surface area contributed by atoms with Crippen LogP contribution in [0.1, 0.15) is 48.8 Å². The van der Waals surface area contributed by atoms with E-state index in [4.69, 9.17) is 0 Å². The zero-order chi connectivity index (χ0) is 27.2. The molecule has 0 saturated carbocycles. The van der Waals surface area contributed by atoms with E-state index in [0.29, 0.717) is 49.4 Å². The summed E-state index contributed by atoms with van der Waals surface area (Å²) in [7, 11) is 0. The van der Waals surface area contributed by atoms with Crippen LogP contribution in [0.25, 0.3) is 11.0 Å². The molecule has 2 amide bonds. The van der Waals surface area contributed by atoms with Crippen LogP contribution in [0.2, 0.25) is 0 Å². The number of fused-ring (bicyclic) bond motifs is 1. The zero-order valence-corrected chi connectivity index (χ0v) is 22.4. The van der Waals surface area contributed by atoms with E-state index in [9.17, 15) is 9.59 Å². The van der Waals surface area contributed by atoms with Crippen molar-refractivity contribution < 1.29 is 9.59 Å². The van der Waals surface area contributed by atoms with Gasteiger partial charge in [0.2, 0.25) is 5.91 Å². The predicted molar refractivity (Wildman–Crippen MR) is 153 cm³/mol. The first kappa shape index (κ1) is 26.4. The maximum absolute atomic E-state index is 13.5. The van der Waals surface area contributed by atoms with Crippen LogP contribution in [0.15, 0.2) is 73.1 Å². The molecule has 9 heteroatoms. The fourth-order valence-electron chi connectivity index (χ4n) is 5.18.